The number of hydrogen-bond donors (Lipinski definition) is 0. The quantitative estimate of drug-likeness (QED) is 0.317. The van der Waals surface area contributed by atoms with E-state index in [-0.39, 0.29) is 5.41 Å². The molecule has 151 valence electrons. The minimum atomic E-state index is 0.274. The van der Waals surface area contributed by atoms with Crippen molar-refractivity contribution in [2.45, 2.75) is 34.1 Å². The van der Waals surface area contributed by atoms with Gasteiger partial charge in [-0.3, -0.25) is 0 Å². The number of fused-ring (bicyclic) bond motifs is 1. The van der Waals surface area contributed by atoms with Gasteiger partial charge < -0.3 is 0 Å². The molecule has 4 aromatic rings. The summed E-state index contributed by atoms with van der Waals surface area (Å²) >= 11 is 6.37. The fourth-order valence-electron chi connectivity index (χ4n) is 3.93. The number of hydrogen-bond acceptors (Lipinski definition) is 2. The Morgan fingerprint density at radius 2 is 1.60 bits per heavy atom. The number of rotatable bonds is 4. The van der Waals surface area contributed by atoms with E-state index in [2.05, 4.69) is 75.1 Å². The fraction of sp³-hybridized carbons (Fsp3) is 0.222. The first-order valence-corrected chi connectivity index (χ1v) is 10.6. The molecule has 2 aromatic heterocycles. The number of pyridine rings is 2. The van der Waals surface area contributed by atoms with Crippen LogP contribution in [0.3, 0.4) is 0 Å². The van der Waals surface area contributed by atoms with Gasteiger partial charge in [-0.25, -0.2) is 9.97 Å². The minimum Gasteiger partial charge on any atom is -0.247 e. The van der Waals surface area contributed by atoms with Crippen LogP contribution in [0.1, 0.15) is 39.7 Å². The summed E-state index contributed by atoms with van der Waals surface area (Å²) in [6.45, 7) is 9.04. The first-order valence-electron chi connectivity index (χ1n) is 10.3. The van der Waals surface area contributed by atoms with Crippen molar-refractivity contribution >= 4 is 22.5 Å². The highest BCUT2D eigenvalue weighted by molar-refractivity contribution is 6.34. The number of aromatic nitrogens is 2. The van der Waals surface area contributed by atoms with Crippen molar-refractivity contribution in [2.75, 3.05) is 0 Å². The lowest BCUT2D eigenvalue weighted by atomic mass is 9.82. The molecule has 0 aliphatic rings. The summed E-state index contributed by atoms with van der Waals surface area (Å²) in [5.41, 5.74) is 6.62. The van der Waals surface area contributed by atoms with E-state index in [1.54, 1.807) is 6.20 Å². The highest BCUT2D eigenvalue weighted by Gasteiger charge is 2.18. The minimum absolute atomic E-state index is 0.274. The van der Waals surface area contributed by atoms with Gasteiger partial charge in [0.25, 0.3) is 0 Å². The Kier molecular flexibility index (Phi) is 5.62. The lowest BCUT2D eigenvalue weighted by Crippen LogP contribution is -2.10. The molecule has 2 nitrogen and oxygen atoms in total. The second kappa shape index (κ2) is 8.20. The third kappa shape index (κ3) is 4.39. The molecular formula is C27H26ClN2. The Morgan fingerprint density at radius 3 is 2.27 bits per heavy atom. The Labute approximate surface area is 184 Å². The molecule has 3 heteroatoms. The average molecular weight is 414 g/mol. The first-order chi connectivity index (χ1) is 14.3. The molecule has 0 saturated heterocycles. The highest BCUT2D eigenvalue weighted by Crippen LogP contribution is 2.36. The zero-order valence-corrected chi connectivity index (χ0v) is 18.7. The van der Waals surface area contributed by atoms with E-state index in [1.165, 1.54) is 11.5 Å². The van der Waals surface area contributed by atoms with Crippen LogP contribution in [-0.4, -0.2) is 9.97 Å². The molecule has 0 fully saturated rings. The summed E-state index contributed by atoms with van der Waals surface area (Å²) in [7, 11) is 0. The van der Waals surface area contributed by atoms with Gasteiger partial charge in [0.05, 0.1) is 11.2 Å². The maximum Gasteiger partial charge on any atom is 0.138 e. The summed E-state index contributed by atoms with van der Waals surface area (Å²) in [4.78, 5) is 9.21. The summed E-state index contributed by atoms with van der Waals surface area (Å²) in [5.74, 6) is 1.40. The molecule has 2 heterocycles. The molecular weight excluding hydrogens is 388 g/mol. The molecule has 0 saturated carbocycles. The topological polar surface area (TPSA) is 25.8 Å². The molecule has 2 aromatic carbocycles. The van der Waals surface area contributed by atoms with E-state index in [9.17, 15) is 0 Å². The van der Waals surface area contributed by atoms with Crippen LogP contribution < -0.4 is 0 Å². The van der Waals surface area contributed by atoms with E-state index >= 15 is 0 Å². The molecule has 0 spiro atoms. The number of benzene rings is 2. The summed E-state index contributed by atoms with van der Waals surface area (Å²) in [6.07, 6.45) is 2.78. The van der Waals surface area contributed by atoms with Gasteiger partial charge in [-0.1, -0.05) is 93.9 Å². The largest absolute Gasteiger partial charge is 0.247 e. The highest BCUT2D eigenvalue weighted by atomic mass is 35.5. The monoisotopic (exact) mass is 413 g/mol. The van der Waals surface area contributed by atoms with Crippen molar-refractivity contribution in [2.24, 2.45) is 5.41 Å². The lowest BCUT2D eigenvalue weighted by Gasteiger charge is -2.23. The maximum atomic E-state index is 6.37. The van der Waals surface area contributed by atoms with Crippen LogP contribution in [0.25, 0.3) is 33.3 Å². The molecule has 4 rings (SSSR count). The van der Waals surface area contributed by atoms with Crippen molar-refractivity contribution in [3.8, 4) is 22.4 Å². The van der Waals surface area contributed by atoms with Crippen molar-refractivity contribution in [3.63, 3.8) is 0 Å². The Bertz CT molecular complexity index is 1160. The van der Waals surface area contributed by atoms with Crippen LogP contribution in [0.5, 0.6) is 0 Å². The second-order valence-electron chi connectivity index (χ2n) is 9.01. The molecule has 0 N–H and O–H groups in total. The molecule has 30 heavy (non-hydrogen) atoms. The lowest BCUT2D eigenvalue weighted by molar-refractivity contribution is 0.393. The van der Waals surface area contributed by atoms with E-state index in [0.29, 0.717) is 5.15 Å². The smallest absolute Gasteiger partial charge is 0.138 e. The standard InChI is InChI=1S/C27H26ClN2/c1-18(17-27(2,3)4)19-10-12-21(13-11-19)25-22(20-8-6-5-7-9-20)16-23-24(30-25)14-15-29-26(23)28/h5-16H,17H2,1-4H3. The van der Waals surface area contributed by atoms with E-state index in [1.807, 2.05) is 24.3 Å². The summed E-state index contributed by atoms with van der Waals surface area (Å²) in [5, 5.41) is 1.35. The van der Waals surface area contributed by atoms with Crippen LogP contribution in [0.4, 0.5) is 0 Å². The van der Waals surface area contributed by atoms with Crippen LogP contribution in [0, 0.1) is 11.3 Å². The summed E-state index contributed by atoms with van der Waals surface area (Å²) < 4.78 is 0. The van der Waals surface area contributed by atoms with Gasteiger partial charge >= 0.3 is 0 Å². The second-order valence-corrected chi connectivity index (χ2v) is 9.37. The number of nitrogens with zero attached hydrogens (tertiary/aromatic N) is 2. The normalized spacial score (nSPS) is 11.9. The average Bonchev–Trinajstić information content (AvgIpc) is 2.73. The Hall–Kier alpha value is -2.71. The van der Waals surface area contributed by atoms with E-state index in [0.717, 1.165) is 39.7 Å². The van der Waals surface area contributed by atoms with Crippen LogP contribution >= 0.6 is 11.6 Å². The van der Waals surface area contributed by atoms with Crippen molar-refractivity contribution in [1.29, 1.82) is 0 Å². The zero-order valence-electron chi connectivity index (χ0n) is 17.9. The molecule has 0 atom stereocenters. The number of halogens is 1. The third-order valence-electron chi connectivity index (χ3n) is 5.23. The van der Waals surface area contributed by atoms with Gasteiger partial charge in [-0.15, -0.1) is 0 Å². The van der Waals surface area contributed by atoms with Crippen LogP contribution in [-0.2, 0) is 0 Å². The van der Waals surface area contributed by atoms with Gasteiger partial charge in [0.2, 0.25) is 0 Å². The fourth-order valence-corrected chi connectivity index (χ4v) is 4.14. The molecule has 0 amide bonds. The SMILES string of the molecule is C[C](CC(C)(C)C)c1ccc(-c2nc3ccnc(Cl)c3cc2-c2ccccc2)cc1. The van der Waals surface area contributed by atoms with Crippen molar-refractivity contribution in [3.05, 3.63) is 89.6 Å². The Morgan fingerprint density at radius 1 is 0.900 bits per heavy atom. The van der Waals surface area contributed by atoms with Gasteiger partial charge in [0.15, 0.2) is 0 Å². The molecule has 0 aliphatic heterocycles. The molecule has 0 bridgehead atoms. The molecule has 0 unspecified atom stereocenters. The van der Waals surface area contributed by atoms with Crippen LogP contribution in [0.15, 0.2) is 72.9 Å². The zero-order chi connectivity index (χ0) is 21.3. The third-order valence-corrected chi connectivity index (χ3v) is 5.53. The van der Waals surface area contributed by atoms with E-state index in [4.69, 9.17) is 16.6 Å². The van der Waals surface area contributed by atoms with Gasteiger partial charge in [0, 0.05) is 28.6 Å². The summed E-state index contributed by atoms with van der Waals surface area (Å²) in [6, 6.07) is 23.1. The van der Waals surface area contributed by atoms with Crippen molar-refractivity contribution in [1.82, 2.24) is 9.97 Å². The van der Waals surface area contributed by atoms with Gasteiger partial charge in [-0.05, 0) is 35.1 Å². The maximum absolute atomic E-state index is 6.37. The van der Waals surface area contributed by atoms with Crippen molar-refractivity contribution < 1.29 is 0 Å². The molecule has 0 aliphatic carbocycles. The van der Waals surface area contributed by atoms with E-state index < -0.39 is 0 Å². The Balaban J connectivity index is 1.82. The van der Waals surface area contributed by atoms with Crippen LogP contribution in [0.2, 0.25) is 5.15 Å². The van der Waals surface area contributed by atoms with Gasteiger partial charge in [-0.2, -0.15) is 0 Å². The van der Waals surface area contributed by atoms with Gasteiger partial charge in [0.1, 0.15) is 5.15 Å². The predicted molar refractivity (Wildman–Crippen MR) is 128 cm³/mol. The predicted octanol–water partition coefficient (Wildman–Crippen LogP) is 8.00. The first kappa shape index (κ1) is 20.6. The molecule has 1 radical (unpaired) electrons.